The highest BCUT2D eigenvalue weighted by molar-refractivity contribution is 6.06. The Bertz CT molecular complexity index is 832. The first kappa shape index (κ1) is 19.5. The van der Waals surface area contributed by atoms with E-state index < -0.39 is 5.97 Å². The van der Waals surface area contributed by atoms with Crippen molar-refractivity contribution in [2.45, 2.75) is 53.2 Å². The highest BCUT2D eigenvalue weighted by Gasteiger charge is 2.22. The first-order valence-electron chi connectivity index (χ1n) is 8.41. The second kappa shape index (κ2) is 7.19. The molecule has 0 fully saturated rings. The zero-order chi connectivity index (χ0) is 19.6. The van der Waals surface area contributed by atoms with Gasteiger partial charge in [-0.1, -0.05) is 0 Å². The zero-order valence-electron chi connectivity index (χ0n) is 16.0. The van der Waals surface area contributed by atoms with E-state index in [-0.39, 0.29) is 23.1 Å². The van der Waals surface area contributed by atoms with Crippen LogP contribution in [0.5, 0.6) is 5.75 Å². The number of carbonyl (C=O) groups is 2. The van der Waals surface area contributed by atoms with Crippen LogP contribution in [0, 0.1) is 6.92 Å². The third kappa shape index (κ3) is 4.22. The minimum absolute atomic E-state index is 0.0681. The van der Waals surface area contributed by atoms with Crippen molar-refractivity contribution < 1.29 is 19.4 Å². The summed E-state index contributed by atoms with van der Waals surface area (Å²) in [6, 6.07) is 4.38. The Labute approximate surface area is 153 Å². The molecule has 1 heterocycles. The van der Waals surface area contributed by atoms with E-state index in [2.05, 4.69) is 10.4 Å². The van der Waals surface area contributed by atoms with E-state index in [0.717, 1.165) is 5.69 Å². The topological polar surface area (TPSA) is 93.5 Å². The number of benzene rings is 1. The van der Waals surface area contributed by atoms with E-state index in [0.29, 0.717) is 17.0 Å². The van der Waals surface area contributed by atoms with Crippen molar-refractivity contribution in [2.75, 3.05) is 5.32 Å². The van der Waals surface area contributed by atoms with Crippen molar-refractivity contribution in [3.8, 4) is 5.75 Å². The number of rotatable bonds is 5. The molecule has 0 saturated heterocycles. The lowest BCUT2D eigenvalue weighted by Crippen LogP contribution is -2.25. The minimum Gasteiger partial charge on any atom is -0.489 e. The van der Waals surface area contributed by atoms with Gasteiger partial charge in [-0.3, -0.25) is 9.48 Å². The van der Waals surface area contributed by atoms with Crippen molar-refractivity contribution in [3.63, 3.8) is 0 Å². The lowest BCUT2D eigenvalue weighted by Gasteiger charge is -2.21. The maximum atomic E-state index is 12.7. The van der Waals surface area contributed by atoms with Crippen LogP contribution >= 0.6 is 0 Å². The molecule has 1 aromatic heterocycles. The summed E-state index contributed by atoms with van der Waals surface area (Å²) < 4.78 is 7.46. The molecule has 2 N–H and O–H groups in total. The number of hydrogen-bond donors (Lipinski definition) is 2. The van der Waals surface area contributed by atoms with Crippen LogP contribution in [0.1, 0.15) is 61.0 Å². The quantitative estimate of drug-likeness (QED) is 0.849. The van der Waals surface area contributed by atoms with Gasteiger partial charge in [-0.2, -0.15) is 5.10 Å². The molecule has 0 aliphatic heterocycles. The van der Waals surface area contributed by atoms with E-state index >= 15 is 0 Å². The molecule has 0 atom stereocenters. The monoisotopic (exact) mass is 359 g/mol. The second-order valence-corrected chi connectivity index (χ2v) is 7.36. The van der Waals surface area contributed by atoms with Gasteiger partial charge in [-0.25, -0.2) is 4.79 Å². The van der Waals surface area contributed by atoms with Gasteiger partial charge in [0.15, 0.2) is 0 Å². The molecule has 1 aromatic carbocycles. The second-order valence-electron chi connectivity index (χ2n) is 7.36. The largest absolute Gasteiger partial charge is 0.489 e. The molecule has 0 radical (unpaired) electrons. The fourth-order valence-electron chi connectivity index (χ4n) is 2.62. The Kier molecular flexibility index (Phi) is 5.39. The molecular weight excluding hydrogens is 334 g/mol. The minimum atomic E-state index is -1.08. The van der Waals surface area contributed by atoms with E-state index in [1.807, 2.05) is 41.5 Å². The number of ether oxygens (including phenoxy) is 1. The van der Waals surface area contributed by atoms with Gasteiger partial charge in [0.05, 0.1) is 34.7 Å². The molecule has 0 spiro atoms. The Morgan fingerprint density at radius 2 is 1.92 bits per heavy atom. The predicted molar refractivity (Wildman–Crippen MR) is 99.1 cm³/mol. The number of aromatic nitrogens is 2. The van der Waals surface area contributed by atoms with E-state index in [1.165, 1.54) is 18.3 Å². The van der Waals surface area contributed by atoms with Crippen molar-refractivity contribution in [1.82, 2.24) is 9.78 Å². The lowest BCUT2D eigenvalue weighted by molar-refractivity contribution is 0.0696. The average molecular weight is 359 g/mol. The normalized spacial score (nSPS) is 11.5. The Morgan fingerprint density at radius 1 is 1.27 bits per heavy atom. The van der Waals surface area contributed by atoms with Crippen LogP contribution in [-0.4, -0.2) is 32.9 Å². The van der Waals surface area contributed by atoms with Crippen LogP contribution in [0.2, 0.25) is 0 Å². The van der Waals surface area contributed by atoms with Crippen molar-refractivity contribution >= 4 is 17.6 Å². The molecule has 7 heteroatoms. The summed E-state index contributed by atoms with van der Waals surface area (Å²) in [5.41, 5.74) is 1.29. The van der Waals surface area contributed by atoms with Gasteiger partial charge in [-0.05, 0) is 59.7 Å². The van der Waals surface area contributed by atoms with Crippen LogP contribution in [0.25, 0.3) is 0 Å². The number of anilines is 1. The maximum absolute atomic E-state index is 12.7. The first-order valence-corrected chi connectivity index (χ1v) is 8.41. The Balaban J connectivity index is 2.37. The molecule has 0 saturated carbocycles. The molecule has 7 nitrogen and oxygen atoms in total. The van der Waals surface area contributed by atoms with E-state index in [9.17, 15) is 14.7 Å². The highest BCUT2D eigenvalue weighted by Crippen LogP contribution is 2.28. The fraction of sp³-hybridized carbons (Fsp3) is 0.421. The molecule has 0 unspecified atom stereocenters. The van der Waals surface area contributed by atoms with Crippen LogP contribution in [-0.2, 0) is 5.54 Å². The van der Waals surface area contributed by atoms with Crippen molar-refractivity contribution in [3.05, 3.63) is 41.2 Å². The van der Waals surface area contributed by atoms with Gasteiger partial charge in [0.2, 0.25) is 0 Å². The number of hydrogen-bond acceptors (Lipinski definition) is 4. The molecule has 0 aliphatic carbocycles. The summed E-state index contributed by atoms with van der Waals surface area (Å²) in [6.45, 7) is 11.5. The zero-order valence-corrected chi connectivity index (χ0v) is 16.0. The van der Waals surface area contributed by atoms with Crippen molar-refractivity contribution in [2.24, 2.45) is 0 Å². The van der Waals surface area contributed by atoms with Gasteiger partial charge in [-0.15, -0.1) is 0 Å². The van der Waals surface area contributed by atoms with Gasteiger partial charge < -0.3 is 15.2 Å². The molecule has 140 valence electrons. The fourth-order valence-corrected chi connectivity index (χ4v) is 2.62. The van der Waals surface area contributed by atoms with E-state index in [1.54, 1.807) is 10.7 Å². The molecule has 1 amide bonds. The number of nitrogens with zero attached hydrogens (tertiary/aromatic N) is 2. The van der Waals surface area contributed by atoms with Gasteiger partial charge in [0, 0.05) is 5.69 Å². The number of amides is 1. The van der Waals surface area contributed by atoms with E-state index in [4.69, 9.17) is 4.74 Å². The third-order valence-corrected chi connectivity index (χ3v) is 3.73. The van der Waals surface area contributed by atoms with Crippen LogP contribution in [0.4, 0.5) is 5.69 Å². The molecule has 2 rings (SSSR count). The SMILES string of the molecule is Cc1c(C(=O)Nc2cc(C(=O)O)ccc2OC(C)C)cnn1C(C)(C)C. The highest BCUT2D eigenvalue weighted by atomic mass is 16.5. The van der Waals surface area contributed by atoms with Crippen LogP contribution < -0.4 is 10.1 Å². The summed E-state index contributed by atoms with van der Waals surface area (Å²) in [5, 5.41) is 16.3. The Hall–Kier alpha value is -2.83. The van der Waals surface area contributed by atoms with Gasteiger partial charge >= 0.3 is 5.97 Å². The maximum Gasteiger partial charge on any atom is 0.335 e. The third-order valence-electron chi connectivity index (χ3n) is 3.73. The standard InChI is InChI=1S/C19H25N3O4/c1-11(2)26-16-8-7-13(18(24)25)9-15(16)21-17(23)14-10-20-22(12(14)3)19(4,5)6/h7-11H,1-6H3,(H,21,23)(H,24,25). The molecule has 26 heavy (non-hydrogen) atoms. The smallest absolute Gasteiger partial charge is 0.335 e. The summed E-state index contributed by atoms with van der Waals surface area (Å²) in [7, 11) is 0. The summed E-state index contributed by atoms with van der Waals surface area (Å²) in [4.78, 5) is 24.0. The van der Waals surface area contributed by atoms with Crippen LogP contribution in [0.15, 0.2) is 24.4 Å². The number of carboxylic acids is 1. The van der Waals surface area contributed by atoms with Crippen LogP contribution in [0.3, 0.4) is 0 Å². The number of nitrogens with one attached hydrogen (secondary N) is 1. The first-order chi connectivity index (χ1) is 12.0. The molecular formula is C19H25N3O4. The van der Waals surface area contributed by atoms with Crippen molar-refractivity contribution in [1.29, 1.82) is 0 Å². The Morgan fingerprint density at radius 3 is 2.42 bits per heavy atom. The molecule has 0 aliphatic rings. The summed E-state index contributed by atoms with van der Waals surface area (Å²) in [6.07, 6.45) is 1.40. The lowest BCUT2D eigenvalue weighted by atomic mass is 10.1. The van der Waals surface area contributed by atoms with Gasteiger partial charge in [0.1, 0.15) is 5.75 Å². The predicted octanol–water partition coefficient (Wildman–Crippen LogP) is 3.68. The van der Waals surface area contributed by atoms with Gasteiger partial charge in [0.25, 0.3) is 5.91 Å². The number of carboxylic acid groups (broad SMARTS) is 1. The number of carbonyl (C=O) groups excluding carboxylic acids is 1. The molecule has 0 bridgehead atoms. The summed E-state index contributed by atoms with van der Waals surface area (Å²) in [5.74, 6) is -1.03. The molecule has 2 aromatic rings. The average Bonchev–Trinajstić information content (AvgIpc) is 2.90. The number of aromatic carboxylic acids is 1. The summed E-state index contributed by atoms with van der Waals surface area (Å²) >= 11 is 0.